The molecule has 0 spiro atoms. The lowest BCUT2D eigenvalue weighted by molar-refractivity contribution is -0.137. The Morgan fingerprint density at radius 1 is 1.12 bits per heavy atom. The van der Waals surface area contributed by atoms with Crippen LogP contribution in [0.15, 0.2) is 24.3 Å². The van der Waals surface area contributed by atoms with Crippen molar-refractivity contribution in [3.05, 3.63) is 35.4 Å². The van der Waals surface area contributed by atoms with E-state index in [4.69, 9.17) is 11.5 Å². The molecule has 1 rings (SSSR count). The van der Waals surface area contributed by atoms with Gasteiger partial charge in [0.2, 0.25) is 0 Å². The monoisotopic (exact) mass is 292 g/mol. The van der Waals surface area contributed by atoms with Gasteiger partial charge in [0.05, 0.1) is 5.56 Å². The molecule has 0 aliphatic carbocycles. The fourth-order valence-electron chi connectivity index (χ4n) is 0.875. The van der Waals surface area contributed by atoms with Crippen LogP contribution in [0.1, 0.15) is 18.1 Å². The average Bonchev–Trinajstić information content (AvgIpc) is 2.18. The maximum Gasteiger partial charge on any atom is 0.416 e. The predicted molar refractivity (Wildman–Crippen MR) is 68.6 cm³/mol. The Hall–Kier alpha value is -0.490. The Balaban J connectivity index is -0.000000356. The van der Waals surface area contributed by atoms with Crippen LogP contribution in [0.5, 0.6) is 0 Å². The summed E-state index contributed by atoms with van der Waals surface area (Å²) in [5.74, 6) is 0. The summed E-state index contributed by atoms with van der Waals surface area (Å²) in [6.45, 7) is 2.78. The lowest BCUT2D eigenvalue weighted by atomic mass is 10.1. The number of alkyl halides is 3. The summed E-state index contributed by atoms with van der Waals surface area (Å²) in [5, 5.41) is 0. The SMILES string of the molecule is CCN.Cl.Cl.NCc1cccc(C(F)(F)F)c1. The lowest BCUT2D eigenvalue weighted by Gasteiger charge is -2.06. The van der Waals surface area contributed by atoms with Gasteiger partial charge in [-0.1, -0.05) is 25.1 Å². The molecule has 102 valence electrons. The Morgan fingerprint density at radius 3 is 1.94 bits per heavy atom. The molecule has 0 aliphatic heterocycles. The Labute approximate surface area is 111 Å². The Morgan fingerprint density at radius 2 is 1.59 bits per heavy atom. The molecule has 4 N–H and O–H groups in total. The number of rotatable bonds is 1. The molecule has 1 aromatic rings. The second-order valence-electron chi connectivity index (χ2n) is 2.81. The summed E-state index contributed by atoms with van der Waals surface area (Å²) in [4.78, 5) is 0. The zero-order valence-corrected chi connectivity index (χ0v) is 11.0. The predicted octanol–water partition coefficient (Wildman–Crippen LogP) is 2.97. The molecule has 0 saturated heterocycles. The second-order valence-corrected chi connectivity index (χ2v) is 2.81. The number of hydrogen-bond acceptors (Lipinski definition) is 2. The number of halogens is 5. The third-order valence-electron chi connectivity index (χ3n) is 1.49. The van der Waals surface area contributed by atoms with E-state index in [9.17, 15) is 13.2 Å². The van der Waals surface area contributed by atoms with Crippen molar-refractivity contribution < 1.29 is 13.2 Å². The van der Waals surface area contributed by atoms with E-state index in [0.717, 1.165) is 18.7 Å². The van der Waals surface area contributed by atoms with E-state index in [0.29, 0.717) is 5.56 Å². The topological polar surface area (TPSA) is 52.0 Å². The van der Waals surface area contributed by atoms with Crippen LogP contribution in [0.3, 0.4) is 0 Å². The van der Waals surface area contributed by atoms with Crippen molar-refractivity contribution in [1.82, 2.24) is 0 Å². The first-order valence-corrected chi connectivity index (χ1v) is 4.52. The molecule has 0 fully saturated rings. The first-order valence-electron chi connectivity index (χ1n) is 4.52. The molecule has 0 atom stereocenters. The molecule has 0 bridgehead atoms. The molecular weight excluding hydrogens is 276 g/mol. The maximum absolute atomic E-state index is 12.1. The zero-order valence-electron chi connectivity index (χ0n) is 9.33. The van der Waals surface area contributed by atoms with Gasteiger partial charge in [-0.05, 0) is 18.2 Å². The minimum absolute atomic E-state index is 0. The van der Waals surface area contributed by atoms with E-state index in [1.807, 2.05) is 6.92 Å². The van der Waals surface area contributed by atoms with Crippen LogP contribution in [-0.2, 0) is 12.7 Å². The molecule has 0 amide bonds. The molecule has 0 saturated carbocycles. The highest BCUT2D eigenvalue weighted by atomic mass is 35.5. The van der Waals surface area contributed by atoms with Gasteiger partial charge in [-0.25, -0.2) is 0 Å². The van der Waals surface area contributed by atoms with Gasteiger partial charge >= 0.3 is 6.18 Å². The van der Waals surface area contributed by atoms with Crippen LogP contribution in [0.4, 0.5) is 13.2 Å². The summed E-state index contributed by atoms with van der Waals surface area (Å²) in [5.41, 5.74) is 9.88. The van der Waals surface area contributed by atoms with Gasteiger partial charge < -0.3 is 11.5 Å². The number of benzene rings is 1. The van der Waals surface area contributed by atoms with Gasteiger partial charge in [-0.2, -0.15) is 13.2 Å². The van der Waals surface area contributed by atoms with Crippen LogP contribution in [-0.4, -0.2) is 6.54 Å². The zero-order chi connectivity index (χ0) is 11.9. The van der Waals surface area contributed by atoms with Crippen LogP contribution in [0.2, 0.25) is 0 Å². The van der Waals surface area contributed by atoms with Crippen molar-refractivity contribution in [3.8, 4) is 0 Å². The molecule has 1 aromatic carbocycles. The van der Waals surface area contributed by atoms with E-state index in [1.165, 1.54) is 6.07 Å². The van der Waals surface area contributed by atoms with Crippen molar-refractivity contribution >= 4 is 24.8 Å². The van der Waals surface area contributed by atoms with Gasteiger partial charge in [0.1, 0.15) is 0 Å². The molecule has 0 aromatic heterocycles. The minimum atomic E-state index is -4.27. The standard InChI is InChI=1S/C8H8F3N.C2H7N.2ClH/c9-8(10,11)7-3-1-2-6(4-7)5-12;1-2-3;;/h1-4H,5,12H2;2-3H2,1H3;2*1H. The fourth-order valence-corrected chi connectivity index (χ4v) is 0.875. The molecule has 0 heterocycles. The van der Waals surface area contributed by atoms with Gasteiger partial charge in [-0.15, -0.1) is 24.8 Å². The van der Waals surface area contributed by atoms with Crippen molar-refractivity contribution in [2.45, 2.75) is 19.6 Å². The van der Waals surface area contributed by atoms with Crippen molar-refractivity contribution in [3.63, 3.8) is 0 Å². The molecule has 0 radical (unpaired) electrons. The fraction of sp³-hybridized carbons (Fsp3) is 0.400. The van der Waals surface area contributed by atoms with Crippen LogP contribution in [0.25, 0.3) is 0 Å². The summed E-state index contributed by atoms with van der Waals surface area (Å²) >= 11 is 0. The van der Waals surface area contributed by atoms with E-state index in [-0.39, 0.29) is 31.4 Å². The third kappa shape index (κ3) is 9.23. The summed E-state index contributed by atoms with van der Waals surface area (Å²) < 4.78 is 36.2. The first-order chi connectivity index (χ1) is 6.95. The Bertz CT molecular complexity index is 293. The van der Waals surface area contributed by atoms with Gasteiger partial charge in [0.15, 0.2) is 0 Å². The minimum Gasteiger partial charge on any atom is -0.331 e. The van der Waals surface area contributed by atoms with Crippen molar-refractivity contribution in [2.75, 3.05) is 6.54 Å². The summed E-state index contributed by atoms with van der Waals surface area (Å²) in [6.07, 6.45) is -4.27. The third-order valence-corrected chi connectivity index (χ3v) is 1.49. The largest absolute Gasteiger partial charge is 0.416 e. The normalized spacial score (nSPS) is 9.29. The number of hydrogen-bond donors (Lipinski definition) is 2. The van der Waals surface area contributed by atoms with Gasteiger partial charge in [0.25, 0.3) is 0 Å². The average molecular weight is 293 g/mol. The highest BCUT2D eigenvalue weighted by molar-refractivity contribution is 5.85. The highest BCUT2D eigenvalue weighted by Gasteiger charge is 2.30. The molecule has 0 unspecified atom stereocenters. The van der Waals surface area contributed by atoms with E-state index in [2.05, 4.69) is 0 Å². The quantitative estimate of drug-likeness (QED) is 0.836. The van der Waals surface area contributed by atoms with Crippen LogP contribution >= 0.6 is 24.8 Å². The number of nitrogens with two attached hydrogens (primary N) is 2. The van der Waals surface area contributed by atoms with E-state index in [1.54, 1.807) is 6.07 Å². The molecular formula is C10H17Cl2F3N2. The van der Waals surface area contributed by atoms with E-state index >= 15 is 0 Å². The van der Waals surface area contributed by atoms with Crippen molar-refractivity contribution in [1.29, 1.82) is 0 Å². The van der Waals surface area contributed by atoms with Gasteiger partial charge in [0, 0.05) is 6.54 Å². The highest BCUT2D eigenvalue weighted by Crippen LogP contribution is 2.29. The van der Waals surface area contributed by atoms with Crippen molar-refractivity contribution in [2.24, 2.45) is 11.5 Å². The van der Waals surface area contributed by atoms with Gasteiger partial charge in [-0.3, -0.25) is 0 Å². The molecule has 17 heavy (non-hydrogen) atoms. The summed E-state index contributed by atoms with van der Waals surface area (Å²) in [7, 11) is 0. The molecule has 0 aliphatic rings. The first kappa shape index (κ1) is 21.8. The maximum atomic E-state index is 12.1. The second kappa shape index (κ2) is 10.7. The van der Waals surface area contributed by atoms with Crippen LogP contribution in [0, 0.1) is 0 Å². The molecule has 7 heteroatoms. The lowest BCUT2D eigenvalue weighted by Crippen LogP contribution is -2.06. The van der Waals surface area contributed by atoms with Crippen LogP contribution < -0.4 is 11.5 Å². The summed E-state index contributed by atoms with van der Waals surface area (Å²) in [6, 6.07) is 5.00. The molecule has 2 nitrogen and oxygen atoms in total. The Kier molecular flexibility index (Phi) is 13.6. The van der Waals surface area contributed by atoms with E-state index < -0.39 is 11.7 Å². The smallest absolute Gasteiger partial charge is 0.331 e.